The molecule has 2 N–H and O–H groups in total. The molecule has 0 unspecified atom stereocenters. The van der Waals surface area contributed by atoms with Crippen molar-refractivity contribution in [3.05, 3.63) is 11.6 Å². The molecule has 0 aromatic rings. The second-order valence-corrected chi connectivity index (χ2v) is 12.5. The van der Waals surface area contributed by atoms with Crippen LogP contribution in [0.5, 0.6) is 0 Å². The van der Waals surface area contributed by atoms with Gasteiger partial charge in [0.2, 0.25) is 0 Å². The van der Waals surface area contributed by atoms with Crippen molar-refractivity contribution in [2.75, 3.05) is 20.2 Å². The van der Waals surface area contributed by atoms with E-state index in [0.29, 0.717) is 19.6 Å². The Morgan fingerprint density at radius 2 is 1.91 bits per heavy atom. The number of nitrogens with one attached hydrogen (secondary N) is 1. The van der Waals surface area contributed by atoms with Crippen molar-refractivity contribution in [1.29, 1.82) is 0 Å². The Morgan fingerprint density at radius 1 is 1.23 bits per heavy atom. The lowest BCUT2D eigenvalue weighted by molar-refractivity contribution is -0.191. The average molecular weight is 492 g/mol. The first kappa shape index (κ1) is 27.9. The molecule has 0 heterocycles. The minimum Gasteiger partial charge on any atom is -0.462 e. The predicted molar refractivity (Wildman–Crippen MR) is 133 cm³/mol. The number of hydrogen-bond acceptors (Lipinski definition) is 7. The quantitative estimate of drug-likeness (QED) is 0.317. The Balaban J connectivity index is 1.77. The van der Waals surface area contributed by atoms with Gasteiger partial charge in [0.25, 0.3) is 0 Å². The average Bonchev–Trinajstić information content (AvgIpc) is 2.73. The Labute approximate surface area is 210 Å². The van der Waals surface area contributed by atoms with E-state index in [1.54, 1.807) is 19.9 Å². The predicted octanol–water partition coefficient (Wildman–Crippen LogP) is 3.83. The summed E-state index contributed by atoms with van der Waals surface area (Å²) in [5.41, 5.74) is -0.473. The highest BCUT2D eigenvalue weighted by Crippen LogP contribution is 2.64. The molecule has 6 atom stereocenters. The Kier molecular flexibility index (Phi) is 8.22. The summed E-state index contributed by atoms with van der Waals surface area (Å²) < 4.78 is 11.2. The van der Waals surface area contributed by atoms with E-state index in [-0.39, 0.29) is 64.7 Å². The molecule has 0 spiro atoms. The van der Waals surface area contributed by atoms with Crippen LogP contribution in [-0.4, -0.2) is 54.7 Å². The van der Waals surface area contributed by atoms with Crippen LogP contribution in [0.2, 0.25) is 0 Å². The van der Waals surface area contributed by atoms with Gasteiger partial charge in [-0.15, -0.1) is 0 Å². The first-order chi connectivity index (χ1) is 16.2. The van der Waals surface area contributed by atoms with Crippen LogP contribution in [0, 0.1) is 34.5 Å². The molecule has 7 heteroatoms. The molecule has 3 aliphatic rings. The molecule has 0 bridgehead atoms. The monoisotopic (exact) mass is 491 g/mol. The van der Waals surface area contributed by atoms with Crippen molar-refractivity contribution >= 4 is 17.7 Å². The normalized spacial score (nSPS) is 35.7. The smallest absolute Gasteiger partial charge is 0.330 e. The number of esters is 2. The Morgan fingerprint density at radius 3 is 2.54 bits per heavy atom. The number of aliphatic hydroxyl groups is 1. The molecule has 0 aliphatic heterocycles. The maximum absolute atomic E-state index is 13.6. The van der Waals surface area contributed by atoms with Gasteiger partial charge in [-0.25, -0.2) is 4.79 Å². The number of carbonyl (C=O) groups is 3. The van der Waals surface area contributed by atoms with E-state index in [1.165, 1.54) is 0 Å². The van der Waals surface area contributed by atoms with Gasteiger partial charge in [0, 0.05) is 30.4 Å². The van der Waals surface area contributed by atoms with Gasteiger partial charge in [-0.2, -0.15) is 0 Å². The Hall–Kier alpha value is -1.73. The third-order valence-corrected chi connectivity index (χ3v) is 9.14. The van der Waals surface area contributed by atoms with Gasteiger partial charge >= 0.3 is 11.9 Å². The van der Waals surface area contributed by atoms with Crippen LogP contribution in [0.15, 0.2) is 11.6 Å². The van der Waals surface area contributed by atoms with Gasteiger partial charge in [-0.3, -0.25) is 9.59 Å². The van der Waals surface area contributed by atoms with Crippen LogP contribution in [0.1, 0.15) is 80.1 Å². The SMILES string of the molecule is CNCCOC(=O)/C=C1\CC[C@H]2[C@@H](C(=O)C[C@H]3C(C)(C)[C@@H](OC(=O)CC(C)(C)O)CC[C@]23C)[C@H]1C. The molecule has 35 heavy (non-hydrogen) atoms. The molecular formula is C28H45NO6. The molecule has 7 nitrogen and oxygen atoms in total. The zero-order chi connectivity index (χ0) is 26.2. The number of ether oxygens (including phenoxy) is 2. The van der Waals surface area contributed by atoms with Gasteiger partial charge in [0.1, 0.15) is 18.5 Å². The zero-order valence-corrected chi connectivity index (χ0v) is 22.6. The molecule has 198 valence electrons. The van der Waals surface area contributed by atoms with Gasteiger partial charge in [0.15, 0.2) is 0 Å². The molecule has 3 fully saturated rings. The van der Waals surface area contributed by atoms with Crippen molar-refractivity contribution in [3.63, 3.8) is 0 Å². The standard InChI is InChI=1S/C28H45NO6/c1-17-18(14-23(31)34-13-12-29-7)8-9-19-25(17)20(30)15-21-27(4,5)22(10-11-28(19,21)6)35-24(32)16-26(2,3)33/h14,17,19,21-22,25,29,33H,8-13,15-16H2,1-7H3/b18-14+/t17-,19-,21-,22-,25-,28+/m0/s1. The summed E-state index contributed by atoms with van der Waals surface area (Å²) in [4.78, 5) is 38.4. The highest BCUT2D eigenvalue weighted by atomic mass is 16.5. The van der Waals surface area contributed by atoms with Crippen molar-refractivity contribution < 1.29 is 29.0 Å². The summed E-state index contributed by atoms with van der Waals surface area (Å²) in [7, 11) is 1.81. The number of Topliss-reactive ketones (excluding diaryl/α,β-unsaturated/α-hetero) is 1. The third-order valence-electron chi connectivity index (χ3n) is 9.14. The van der Waals surface area contributed by atoms with E-state index in [2.05, 4.69) is 33.0 Å². The molecule has 3 saturated carbocycles. The van der Waals surface area contributed by atoms with Crippen molar-refractivity contribution in [1.82, 2.24) is 5.32 Å². The minimum atomic E-state index is -1.11. The van der Waals surface area contributed by atoms with Crippen LogP contribution in [0.25, 0.3) is 0 Å². The number of likely N-dealkylation sites (N-methyl/N-ethyl adjacent to an activating group) is 1. The second-order valence-electron chi connectivity index (χ2n) is 12.5. The van der Waals surface area contributed by atoms with Crippen LogP contribution in [-0.2, 0) is 23.9 Å². The summed E-state index contributed by atoms with van der Waals surface area (Å²) in [6.07, 6.45) is 5.08. The topological polar surface area (TPSA) is 102 Å². The fourth-order valence-corrected chi connectivity index (χ4v) is 7.31. The van der Waals surface area contributed by atoms with Crippen LogP contribution >= 0.6 is 0 Å². The molecule has 0 saturated heterocycles. The van der Waals surface area contributed by atoms with Crippen molar-refractivity contribution in [2.24, 2.45) is 34.5 Å². The molecule has 0 radical (unpaired) electrons. The highest BCUT2D eigenvalue weighted by molar-refractivity contribution is 5.86. The number of hydrogen-bond donors (Lipinski definition) is 2. The zero-order valence-electron chi connectivity index (χ0n) is 22.6. The third kappa shape index (κ3) is 5.82. The summed E-state index contributed by atoms with van der Waals surface area (Å²) in [5.74, 6) is -0.178. The van der Waals surface area contributed by atoms with Gasteiger partial charge in [-0.05, 0) is 69.7 Å². The number of fused-ring (bicyclic) bond motifs is 3. The summed E-state index contributed by atoms with van der Waals surface area (Å²) in [6, 6.07) is 0. The summed E-state index contributed by atoms with van der Waals surface area (Å²) >= 11 is 0. The fraction of sp³-hybridized carbons (Fsp3) is 0.821. The summed E-state index contributed by atoms with van der Waals surface area (Å²) in [5, 5.41) is 13.0. The maximum Gasteiger partial charge on any atom is 0.330 e. The number of ketones is 1. The lowest BCUT2D eigenvalue weighted by Gasteiger charge is -2.62. The van der Waals surface area contributed by atoms with E-state index in [0.717, 1.165) is 31.3 Å². The van der Waals surface area contributed by atoms with E-state index >= 15 is 0 Å². The lowest BCUT2D eigenvalue weighted by Crippen LogP contribution is -2.60. The van der Waals surface area contributed by atoms with Gasteiger partial charge in [0.05, 0.1) is 12.0 Å². The first-order valence-electron chi connectivity index (χ1n) is 13.2. The molecule has 3 rings (SSSR count). The van der Waals surface area contributed by atoms with Gasteiger partial charge < -0.3 is 19.9 Å². The number of rotatable bonds is 7. The van der Waals surface area contributed by atoms with Crippen LogP contribution < -0.4 is 5.32 Å². The molecular weight excluding hydrogens is 446 g/mol. The molecule has 0 amide bonds. The largest absolute Gasteiger partial charge is 0.462 e. The van der Waals surface area contributed by atoms with Crippen LogP contribution in [0.3, 0.4) is 0 Å². The Bertz CT molecular complexity index is 856. The van der Waals surface area contributed by atoms with E-state index in [4.69, 9.17) is 9.47 Å². The van der Waals surface area contributed by atoms with Gasteiger partial charge in [-0.1, -0.05) is 33.3 Å². The second kappa shape index (κ2) is 10.3. The number of allylic oxidation sites excluding steroid dienone is 1. The molecule has 0 aromatic heterocycles. The van der Waals surface area contributed by atoms with Crippen molar-refractivity contribution in [2.45, 2.75) is 91.8 Å². The highest BCUT2D eigenvalue weighted by Gasteiger charge is 2.62. The number of carbonyl (C=O) groups excluding carboxylic acids is 3. The van der Waals surface area contributed by atoms with E-state index in [1.807, 2.05) is 7.05 Å². The van der Waals surface area contributed by atoms with E-state index < -0.39 is 5.60 Å². The molecule has 3 aliphatic carbocycles. The molecule has 0 aromatic carbocycles. The van der Waals surface area contributed by atoms with E-state index in [9.17, 15) is 19.5 Å². The fourth-order valence-electron chi connectivity index (χ4n) is 7.31. The summed E-state index contributed by atoms with van der Waals surface area (Å²) in [6.45, 7) is 12.8. The lowest BCUT2D eigenvalue weighted by atomic mass is 9.42. The van der Waals surface area contributed by atoms with Crippen molar-refractivity contribution in [3.8, 4) is 0 Å². The maximum atomic E-state index is 13.6. The van der Waals surface area contributed by atoms with Crippen LogP contribution in [0.4, 0.5) is 0 Å². The minimum absolute atomic E-state index is 0.0151. The first-order valence-corrected chi connectivity index (χ1v) is 13.2.